The lowest BCUT2D eigenvalue weighted by atomic mass is 10.1. The second kappa shape index (κ2) is 6.42. The highest BCUT2D eigenvalue weighted by Crippen LogP contribution is 2.27. The van der Waals surface area contributed by atoms with Gasteiger partial charge in [-0.05, 0) is 23.1 Å². The summed E-state index contributed by atoms with van der Waals surface area (Å²) in [7, 11) is 0. The van der Waals surface area contributed by atoms with Crippen LogP contribution in [0.15, 0.2) is 48.0 Å². The predicted molar refractivity (Wildman–Crippen MR) is 96.5 cm³/mol. The molecule has 0 saturated carbocycles. The summed E-state index contributed by atoms with van der Waals surface area (Å²) < 4.78 is 0. The first kappa shape index (κ1) is 15.4. The maximum Gasteiger partial charge on any atom is 0.203 e. The van der Waals surface area contributed by atoms with E-state index in [1.54, 1.807) is 17.5 Å². The van der Waals surface area contributed by atoms with Crippen LogP contribution in [0, 0.1) is 0 Å². The minimum atomic E-state index is -0.0335. The molecule has 0 bridgehead atoms. The van der Waals surface area contributed by atoms with Crippen molar-refractivity contribution in [3.63, 3.8) is 0 Å². The summed E-state index contributed by atoms with van der Waals surface area (Å²) in [4.78, 5) is 14.2. The van der Waals surface area contributed by atoms with Crippen molar-refractivity contribution in [3.05, 3.63) is 53.5 Å². The molecule has 1 aromatic carbocycles. The van der Waals surface area contributed by atoms with E-state index in [0.29, 0.717) is 23.0 Å². The summed E-state index contributed by atoms with van der Waals surface area (Å²) >= 11 is 1.57. The van der Waals surface area contributed by atoms with E-state index in [1.807, 2.05) is 41.8 Å². The summed E-state index contributed by atoms with van der Waals surface area (Å²) in [6.45, 7) is -0.0335. The van der Waals surface area contributed by atoms with Crippen molar-refractivity contribution in [1.82, 2.24) is 25.1 Å². The summed E-state index contributed by atoms with van der Waals surface area (Å²) in [5, 5.41) is 18.4. The van der Waals surface area contributed by atoms with Crippen LogP contribution in [0.1, 0.15) is 5.56 Å². The molecular formula is C17H14N6OS. The van der Waals surface area contributed by atoms with Crippen molar-refractivity contribution < 1.29 is 5.11 Å². The topological polar surface area (TPSA) is 114 Å². The van der Waals surface area contributed by atoms with E-state index in [-0.39, 0.29) is 12.4 Å². The Morgan fingerprint density at radius 2 is 2.08 bits per heavy atom. The first-order chi connectivity index (χ1) is 12.2. The van der Waals surface area contributed by atoms with Gasteiger partial charge in [-0.25, -0.2) is 15.0 Å². The van der Waals surface area contributed by atoms with Crippen molar-refractivity contribution >= 4 is 17.2 Å². The van der Waals surface area contributed by atoms with Crippen LogP contribution in [-0.2, 0) is 6.61 Å². The Morgan fingerprint density at radius 3 is 2.88 bits per heavy atom. The summed E-state index contributed by atoms with van der Waals surface area (Å²) in [6.07, 6.45) is 1.60. The van der Waals surface area contributed by atoms with Gasteiger partial charge in [0.05, 0.1) is 23.4 Å². The van der Waals surface area contributed by atoms with Gasteiger partial charge in [0.1, 0.15) is 0 Å². The molecule has 0 amide bonds. The fourth-order valence-corrected chi connectivity index (χ4v) is 3.09. The Morgan fingerprint density at radius 1 is 1.16 bits per heavy atom. The predicted octanol–water partition coefficient (Wildman–Crippen LogP) is 2.73. The number of rotatable bonds is 4. The van der Waals surface area contributed by atoms with E-state index in [1.165, 1.54) is 0 Å². The van der Waals surface area contributed by atoms with E-state index in [9.17, 15) is 5.11 Å². The van der Waals surface area contributed by atoms with Gasteiger partial charge >= 0.3 is 0 Å². The molecule has 0 aliphatic heterocycles. The van der Waals surface area contributed by atoms with Gasteiger partial charge in [-0.3, -0.25) is 5.10 Å². The van der Waals surface area contributed by atoms with Crippen LogP contribution in [0.25, 0.3) is 33.5 Å². The Hall–Kier alpha value is -3.10. The molecule has 0 aliphatic rings. The fraction of sp³-hybridized carbons (Fsp3) is 0.0588. The molecule has 8 heteroatoms. The quantitative estimate of drug-likeness (QED) is 0.521. The second-order valence-electron chi connectivity index (χ2n) is 5.33. The zero-order valence-electron chi connectivity index (χ0n) is 13.0. The van der Waals surface area contributed by atoms with Gasteiger partial charge in [0, 0.05) is 5.56 Å². The molecule has 124 valence electrons. The number of H-pyrrole nitrogens is 1. The van der Waals surface area contributed by atoms with Gasteiger partial charge < -0.3 is 10.8 Å². The number of aliphatic hydroxyl groups excluding tert-OH is 1. The number of nitrogens with two attached hydrogens (primary N) is 1. The van der Waals surface area contributed by atoms with E-state index < -0.39 is 0 Å². The number of hydrogen-bond acceptors (Lipinski definition) is 7. The fourth-order valence-electron chi connectivity index (χ4n) is 2.42. The first-order valence-electron chi connectivity index (χ1n) is 7.54. The van der Waals surface area contributed by atoms with Crippen LogP contribution in [-0.4, -0.2) is 30.3 Å². The molecule has 0 unspecified atom stereocenters. The molecule has 0 aliphatic carbocycles. The number of benzene rings is 1. The number of hydrogen-bond donors (Lipinski definition) is 3. The highest BCUT2D eigenvalue weighted by molar-refractivity contribution is 7.13. The highest BCUT2D eigenvalue weighted by Gasteiger charge is 2.15. The van der Waals surface area contributed by atoms with Crippen LogP contribution >= 0.6 is 11.3 Å². The standard InChI is InChI=1S/C17H14N6OS/c18-15-14(17-21-16(22-23-17)13-5-2-6-25-13)20-12(8-19-15)11-4-1-3-10(7-11)9-24/h1-8,24H,9H2,(H2,18,19)(H,21,22,23). The Labute approximate surface area is 147 Å². The van der Waals surface area contributed by atoms with Crippen molar-refractivity contribution in [1.29, 1.82) is 0 Å². The molecule has 7 nitrogen and oxygen atoms in total. The van der Waals surface area contributed by atoms with Crippen molar-refractivity contribution in [2.45, 2.75) is 6.61 Å². The summed E-state index contributed by atoms with van der Waals surface area (Å²) in [6, 6.07) is 11.4. The lowest BCUT2D eigenvalue weighted by molar-refractivity contribution is 0.282. The lowest BCUT2D eigenvalue weighted by Crippen LogP contribution is -2.00. The minimum absolute atomic E-state index is 0.0335. The molecule has 25 heavy (non-hydrogen) atoms. The third kappa shape index (κ3) is 3.00. The van der Waals surface area contributed by atoms with E-state index >= 15 is 0 Å². The molecule has 3 aromatic heterocycles. The minimum Gasteiger partial charge on any atom is -0.392 e. The Balaban J connectivity index is 1.75. The molecule has 3 heterocycles. The van der Waals surface area contributed by atoms with Gasteiger partial charge in [-0.1, -0.05) is 24.3 Å². The van der Waals surface area contributed by atoms with Gasteiger partial charge in [-0.15, -0.1) is 11.3 Å². The monoisotopic (exact) mass is 350 g/mol. The molecular weight excluding hydrogens is 336 g/mol. The van der Waals surface area contributed by atoms with Crippen LogP contribution in [0.3, 0.4) is 0 Å². The molecule has 4 N–H and O–H groups in total. The summed E-state index contributed by atoms with van der Waals surface area (Å²) in [5.41, 5.74) is 8.68. The average molecular weight is 350 g/mol. The van der Waals surface area contributed by atoms with Crippen molar-refractivity contribution in [2.75, 3.05) is 5.73 Å². The number of aromatic amines is 1. The zero-order valence-corrected chi connectivity index (χ0v) is 13.9. The molecule has 0 spiro atoms. The molecule has 4 aromatic rings. The normalized spacial score (nSPS) is 10.9. The number of aliphatic hydroxyl groups is 1. The van der Waals surface area contributed by atoms with Crippen LogP contribution in [0.2, 0.25) is 0 Å². The van der Waals surface area contributed by atoms with Gasteiger partial charge in [0.25, 0.3) is 0 Å². The van der Waals surface area contributed by atoms with Crippen LogP contribution < -0.4 is 5.73 Å². The molecule has 4 rings (SSSR count). The number of nitrogen functional groups attached to an aromatic ring is 1. The molecule has 0 saturated heterocycles. The second-order valence-corrected chi connectivity index (χ2v) is 6.28. The third-order valence-corrected chi connectivity index (χ3v) is 4.53. The van der Waals surface area contributed by atoms with E-state index in [4.69, 9.17) is 5.73 Å². The highest BCUT2D eigenvalue weighted by atomic mass is 32.1. The maximum absolute atomic E-state index is 9.30. The number of nitrogens with zero attached hydrogens (tertiary/aromatic N) is 4. The van der Waals surface area contributed by atoms with Gasteiger partial charge in [-0.2, -0.15) is 5.10 Å². The molecule has 0 fully saturated rings. The smallest absolute Gasteiger partial charge is 0.203 e. The number of thiophene rings is 1. The SMILES string of the molecule is Nc1ncc(-c2cccc(CO)c2)nc1-c1n[nH]c(-c2cccs2)n1. The summed E-state index contributed by atoms with van der Waals surface area (Å²) in [5.74, 6) is 1.33. The lowest BCUT2D eigenvalue weighted by Gasteiger charge is -2.06. The maximum atomic E-state index is 9.30. The van der Waals surface area contributed by atoms with Crippen molar-refractivity contribution in [2.24, 2.45) is 0 Å². The van der Waals surface area contributed by atoms with Crippen LogP contribution in [0.5, 0.6) is 0 Å². The largest absolute Gasteiger partial charge is 0.392 e. The Kier molecular flexibility index (Phi) is 3.96. The first-order valence-corrected chi connectivity index (χ1v) is 8.42. The van der Waals surface area contributed by atoms with Gasteiger partial charge in [0.15, 0.2) is 17.3 Å². The number of nitrogens with one attached hydrogen (secondary N) is 1. The molecule has 0 atom stereocenters. The van der Waals surface area contributed by atoms with Gasteiger partial charge in [0.2, 0.25) is 5.82 Å². The average Bonchev–Trinajstić information content (AvgIpc) is 3.33. The number of aromatic nitrogens is 5. The number of anilines is 1. The van der Waals surface area contributed by atoms with Crippen LogP contribution in [0.4, 0.5) is 5.82 Å². The van der Waals surface area contributed by atoms with E-state index in [2.05, 4.69) is 25.1 Å². The van der Waals surface area contributed by atoms with E-state index in [0.717, 1.165) is 16.0 Å². The third-order valence-electron chi connectivity index (χ3n) is 3.66. The molecule has 0 radical (unpaired) electrons. The zero-order chi connectivity index (χ0) is 17.2. The Bertz CT molecular complexity index is 1010. The van der Waals surface area contributed by atoms with Crippen molar-refractivity contribution in [3.8, 4) is 33.5 Å².